The van der Waals surface area contributed by atoms with Crippen molar-refractivity contribution in [2.45, 2.75) is 31.9 Å². The number of aromatic amines is 1. The van der Waals surface area contributed by atoms with E-state index in [9.17, 15) is 9.59 Å². The molecule has 1 N–H and O–H groups in total. The molecule has 6 heteroatoms. The Kier molecular flexibility index (Phi) is 4.20. The maximum atomic E-state index is 12.3. The van der Waals surface area contributed by atoms with Gasteiger partial charge in [0.05, 0.1) is 17.4 Å². The number of nitrogens with one attached hydrogen (secondary N) is 1. The molecule has 0 saturated carbocycles. The summed E-state index contributed by atoms with van der Waals surface area (Å²) in [6.45, 7) is 0.897. The van der Waals surface area contributed by atoms with E-state index in [1.165, 1.54) is 0 Å². The van der Waals surface area contributed by atoms with Crippen LogP contribution in [0.4, 0.5) is 0 Å². The molecule has 2 heterocycles. The van der Waals surface area contributed by atoms with Gasteiger partial charge < -0.3 is 14.6 Å². The quantitative estimate of drug-likeness (QED) is 0.931. The van der Waals surface area contributed by atoms with Crippen LogP contribution < -0.4 is 5.56 Å². The van der Waals surface area contributed by atoms with E-state index in [-0.39, 0.29) is 24.1 Å². The first kappa shape index (κ1) is 14.7. The number of amides is 1. The number of hydrogen-bond donors (Lipinski definition) is 1. The second kappa shape index (κ2) is 6.27. The molecule has 22 heavy (non-hydrogen) atoms. The van der Waals surface area contributed by atoms with E-state index in [1.54, 1.807) is 30.1 Å². The van der Waals surface area contributed by atoms with E-state index < -0.39 is 0 Å². The highest BCUT2D eigenvalue weighted by atomic mass is 16.5. The lowest BCUT2D eigenvalue weighted by molar-refractivity contribution is -0.145. The highest BCUT2D eigenvalue weighted by Gasteiger charge is 2.25. The number of fused-ring (bicyclic) bond motifs is 1. The van der Waals surface area contributed by atoms with Crippen molar-refractivity contribution in [3.05, 3.63) is 40.4 Å². The van der Waals surface area contributed by atoms with Gasteiger partial charge in [-0.05, 0) is 31.4 Å². The normalized spacial score (nSPS) is 18.3. The molecule has 0 bridgehead atoms. The topological polar surface area (TPSA) is 75.3 Å². The van der Waals surface area contributed by atoms with Crippen molar-refractivity contribution in [3.63, 3.8) is 0 Å². The number of hydrogen-bond acceptors (Lipinski definition) is 4. The summed E-state index contributed by atoms with van der Waals surface area (Å²) in [5.41, 5.74) is 0.450. The van der Waals surface area contributed by atoms with Crippen LogP contribution in [0.1, 0.15) is 25.1 Å². The van der Waals surface area contributed by atoms with Crippen LogP contribution in [0.15, 0.2) is 29.1 Å². The third-order valence-electron chi connectivity index (χ3n) is 3.88. The minimum atomic E-state index is -0.370. The molecule has 1 aromatic carbocycles. The SMILES string of the molecule is CN(Cc1nc2ccccc2c(=O)[nH]1)C(=O)[C@H]1CCCCO1. The van der Waals surface area contributed by atoms with Crippen molar-refractivity contribution in [1.29, 1.82) is 0 Å². The van der Waals surface area contributed by atoms with Gasteiger partial charge in [-0.15, -0.1) is 0 Å². The first-order valence-electron chi connectivity index (χ1n) is 7.49. The Hall–Kier alpha value is -2.21. The summed E-state index contributed by atoms with van der Waals surface area (Å²) < 4.78 is 5.51. The number of H-pyrrole nitrogens is 1. The molecule has 1 amide bonds. The van der Waals surface area contributed by atoms with Gasteiger partial charge in [-0.25, -0.2) is 4.98 Å². The number of carbonyl (C=O) groups excluding carboxylic acids is 1. The Morgan fingerprint density at radius 3 is 3.00 bits per heavy atom. The largest absolute Gasteiger partial charge is 0.368 e. The molecular formula is C16H19N3O3. The molecule has 0 aliphatic carbocycles. The van der Waals surface area contributed by atoms with Gasteiger partial charge in [0, 0.05) is 13.7 Å². The second-order valence-electron chi connectivity index (χ2n) is 5.58. The molecule has 1 fully saturated rings. The molecule has 1 aromatic heterocycles. The van der Waals surface area contributed by atoms with Gasteiger partial charge in [-0.3, -0.25) is 9.59 Å². The van der Waals surface area contributed by atoms with Crippen molar-refractivity contribution in [1.82, 2.24) is 14.9 Å². The summed E-state index contributed by atoms with van der Waals surface area (Å²) in [4.78, 5) is 33.1. The smallest absolute Gasteiger partial charge is 0.258 e. The van der Waals surface area contributed by atoms with Crippen molar-refractivity contribution in [3.8, 4) is 0 Å². The molecule has 116 valence electrons. The molecular weight excluding hydrogens is 282 g/mol. The van der Waals surface area contributed by atoms with Gasteiger partial charge in [-0.1, -0.05) is 12.1 Å². The number of benzene rings is 1. The molecule has 1 saturated heterocycles. The fourth-order valence-electron chi connectivity index (χ4n) is 2.69. The summed E-state index contributed by atoms with van der Waals surface area (Å²) in [7, 11) is 1.70. The molecule has 1 aliphatic heterocycles. The molecule has 6 nitrogen and oxygen atoms in total. The third-order valence-corrected chi connectivity index (χ3v) is 3.88. The molecule has 2 aromatic rings. The van der Waals surface area contributed by atoms with Gasteiger partial charge in [0.25, 0.3) is 11.5 Å². The van der Waals surface area contributed by atoms with Crippen LogP contribution in [0.2, 0.25) is 0 Å². The van der Waals surface area contributed by atoms with Crippen LogP contribution in [-0.4, -0.2) is 40.5 Å². The maximum absolute atomic E-state index is 12.3. The zero-order valence-corrected chi connectivity index (χ0v) is 12.5. The van der Waals surface area contributed by atoms with E-state index in [4.69, 9.17) is 4.74 Å². The summed E-state index contributed by atoms with van der Waals surface area (Å²) in [6, 6.07) is 7.16. The van der Waals surface area contributed by atoms with Gasteiger partial charge in [0.2, 0.25) is 0 Å². The van der Waals surface area contributed by atoms with Gasteiger partial charge in [0.1, 0.15) is 11.9 Å². The summed E-state index contributed by atoms with van der Waals surface area (Å²) in [5.74, 6) is 0.422. The van der Waals surface area contributed by atoms with Crippen molar-refractivity contribution in [2.75, 3.05) is 13.7 Å². The Balaban J connectivity index is 1.77. The molecule has 1 aliphatic rings. The first-order valence-corrected chi connectivity index (χ1v) is 7.49. The highest BCUT2D eigenvalue weighted by molar-refractivity contribution is 5.81. The minimum Gasteiger partial charge on any atom is -0.368 e. The Morgan fingerprint density at radius 2 is 2.23 bits per heavy atom. The first-order chi connectivity index (χ1) is 10.6. The minimum absolute atomic E-state index is 0.0597. The Labute approximate surface area is 128 Å². The average Bonchev–Trinajstić information content (AvgIpc) is 2.55. The number of aromatic nitrogens is 2. The lowest BCUT2D eigenvalue weighted by Gasteiger charge is -2.26. The van der Waals surface area contributed by atoms with E-state index in [1.807, 2.05) is 6.07 Å². The predicted molar refractivity (Wildman–Crippen MR) is 82.4 cm³/mol. The van der Waals surface area contributed by atoms with Crippen LogP contribution in [-0.2, 0) is 16.1 Å². The lowest BCUT2D eigenvalue weighted by atomic mass is 10.1. The highest BCUT2D eigenvalue weighted by Crippen LogP contribution is 2.15. The van der Waals surface area contributed by atoms with Crippen molar-refractivity contribution >= 4 is 16.8 Å². The number of ether oxygens (including phenoxy) is 1. The number of para-hydroxylation sites is 1. The molecule has 0 unspecified atom stereocenters. The fraction of sp³-hybridized carbons (Fsp3) is 0.438. The number of rotatable bonds is 3. The average molecular weight is 301 g/mol. The Morgan fingerprint density at radius 1 is 1.41 bits per heavy atom. The maximum Gasteiger partial charge on any atom is 0.258 e. The monoisotopic (exact) mass is 301 g/mol. The molecule has 1 atom stereocenters. The van der Waals surface area contributed by atoms with Crippen molar-refractivity contribution < 1.29 is 9.53 Å². The Bertz CT molecular complexity index is 735. The lowest BCUT2D eigenvalue weighted by Crippen LogP contribution is -2.39. The zero-order chi connectivity index (χ0) is 15.5. The van der Waals surface area contributed by atoms with E-state index in [2.05, 4.69) is 9.97 Å². The van der Waals surface area contributed by atoms with E-state index in [0.717, 1.165) is 19.3 Å². The second-order valence-corrected chi connectivity index (χ2v) is 5.58. The summed E-state index contributed by atoms with van der Waals surface area (Å²) in [5, 5.41) is 0.552. The molecule has 0 radical (unpaired) electrons. The van der Waals surface area contributed by atoms with Crippen molar-refractivity contribution in [2.24, 2.45) is 0 Å². The van der Waals surface area contributed by atoms with E-state index >= 15 is 0 Å². The zero-order valence-electron chi connectivity index (χ0n) is 12.5. The van der Waals surface area contributed by atoms with Crippen LogP contribution >= 0.6 is 0 Å². The van der Waals surface area contributed by atoms with Crippen LogP contribution in [0.25, 0.3) is 10.9 Å². The predicted octanol–water partition coefficient (Wildman–Crippen LogP) is 1.45. The van der Waals surface area contributed by atoms with Gasteiger partial charge in [-0.2, -0.15) is 0 Å². The van der Waals surface area contributed by atoms with Crippen LogP contribution in [0.3, 0.4) is 0 Å². The van der Waals surface area contributed by atoms with Crippen LogP contribution in [0, 0.1) is 0 Å². The van der Waals surface area contributed by atoms with Gasteiger partial charge >= 0.3 is 0 Å². The van der Waals surface area contributed by atoms with Gasteiger partial charge in [0.15, 0.2) is 0 Å². The molecule has 3 rings (SSSR count). The number of nitrogens with zero attached hydrogens (tertiary/aromatic N) is 2. The van der Waals surface area contributed by atoms with E-state index in [0.29, 0.717) is 23.3 Å². The van der Waals surface area contributed by atoms with Crippen LogP contribution in [0.5, 0.6) is 0 Å². The summed E-state index contributed by atoms with van der Waals surface area (Å²) >= 11 is 0. The molecule has 0 spiro atoms. The summed E-state index contributed by atoms with van der Waals surface area (Å²) in [6.07, 6.45) is 2.40. The third kappa shape index (κ3) is 3.01. The standard InChI is InChI=1S/C16H19N3O3/c1-19(16(21)13-8-4-5-9-22-13)10-14-17-12-7-3-2-6-11(12)15(20)18-14/h2-3,6-7,13H,4-5,8-10H2,1H3,(H,17,18,20)/t13-/m1/s1. The number of likely N-dealkylation sites (N-methyl/N-ethyl adjacent to an activating group) is 1. The fourth-order valence-corrected chi connectivity index (χ4v) is 2.69. The number of carbonyl (C=O) groups is 1.